The van der Waals surface area contributed by atoms with Gasteiger partial charge in [0.2, 0.25) is 0 Å². The van der Waals surface area contributed by atoms with E-state index in [0.29, 0.717) is 4.34 Å². The highest BCUT2D eigenvalue weighted by atomic mass is 32.2. The fourth-order valence-corrected chi connectivity index (χ4v) is 3.74. The van der Waals surface area contributed by atoms with E-state index in [-0.39, 0.29) is 0 Å². The van der Waals surface area contributed by atoms with Gasteiger partial charge >= 0.3 is 0 Å². The summed E-state index contributed by atoms with van der Waals surface area (Å²) in [5.41, 5.74) is 0. The number of aryl methyl sites for hydroxylation is 1. The topological polar surface area (TPSA) is 25.8 Å². The minimum absolute atomic E-state index is 0.623. The summed E-state index contributed by atoms with van der Waals surface area (Å²) in [6, 6.07) is 0. The number of nitrogens with zero attached hydrogens (tertiary/aromatic N) is 3. The molecule has 142 valence electrons. The summed E-state index contributed by atoms with van der Waals surface area (Å²) in [6.45, 7) is 16.9. The van der Waals surface area contributed by atoms with E-state index in [1.54, 1.807) is 0 Å². The number of aromatic nitrogens is 2. The van der Waals surface area contributed by atoms with Gasteiger partial charge in [0.05, 0.1) is 26.2 Å². The Morgan fingerprint density at radius 2 is 1.12 bits per heavy atom. The van der Waals surface area contributed by atoms with E-state index in [1.807, 2.05) is 6.92 Å². The lowest BCUT2D eigenvalue weighted by atomic mass is 10.1. The van der Waals surface area contributed by atoms with Crippen molar-refractivity contribution in [3.63, 3.8) is 0 Å². The molecule has 0 aliphatic carbocycles. The lowest BCUT2D eigenvalue weighted by Crippen LogP contribution is -2.50. The second-order valence-corrected chi connectivity index (χ2v) is 8.56. The first-order chi connectivity index (χ1) is 11.5. The minimum atomic E-state index is 0.623. The van der Waals surface area contributed by atoms with Gasteiger partial charge in [-0.25, -0.2) is 0 Å². The molecule has 0 N–H and O–H groups in total. The third-order valence-corrected chi connectivity index (χ3v) is 5.42. The highest BCUT2D eigenvalue weighted by molar-refractivity contribution is 7.62. The summed E-state index contributed by atoms with van der Waals surface area (Å²) in [7, 11) is 0. The van der Waals surface area contributed by atoms with Crippen LogP contribution in [0.25, 0.3) is 0 Å². The van der Waals surface area contributed by atoms with Crippen molar-refractivity contribution in [3.8, 4) is 0 Å². The van der Waals surface area contributed by atoms with Gasteiger partial charge in [-0.15, -0.1) is 0 Å². The smallest absolute Gasteiger partial charge is 0.0786 e. The summed E-state index contributed by atoms with van der Waals surface area (Å²) >= 11 is 6.11. The molecule has 0 aliphatic rings. The van der Waals surface area contributed by atoms with E-state index in [9.17, 15) is 0 Å². The molecule has 0 aromatic carbocycles. The second kappa shape index (κ2) is 15.0. The van der Waals surface area contributed by atoms with Crippen LogP contribution in [0.5, 0.6) is 0 Å². The van der Waals surface area contributed by atoms with Crippen LogP contribution in [-0.2, 0) is 12.6 Å². The average molecular weight is 374 g/mol. The Balaban J connectivity index is 0.000000620. The van der Waals surface area contributed by atoms with Crippen molar-refractivity contribution in [3.05, 3.63) is 5.01 Å². The molecule has 0 fully saturated rings. The molecule has 24 heavy (non-hydrogen) atoms. The van der Waals surface area contributed by atoms with E-state index in [1.165, 1.54) is 93.4 Å². The maximum absolute atomic E-state index is 4.68. The van der Waals surface area contributed by atoms with Gasteiger partial charge in [-0.05, 0) is 36.9 Å². The summed E-state index contributed by atoms with van der Waals surface area (Å²) in [4.78, 5) is 0. The van der Waals surface area contributed by atoms with Crippen LogP contribution < -0.4 is 0 Å². The van der Waals surface area contributed by atoms with Gasteiger partial charge in [0.1, 0.15) is 0 Å². The van der Waals surface area contributed by atoms with Crippen LogP contribution in [0.3, 0.4) is 0 Å². The molecule has 0 amide bonds. The van der Waals surface area contributed by atoms with Crippen molar-refractivity contribution in [2.24, 2.45) is 0 Å². The van der Waals surface area contributed by atoms with Crippen molar-refractivity contribution in [2.75, 3.05) is 26.2 Å². The van der Waals surface area contributed by atoms with Crippen molar-refractivity contribution >= 4 is 24.0 Å². The van der Waals surface area contributed by atoms with Gasteiger partial charge in [0.15, 0.2) is 0 Å². The average Bonchev–Trinajstić information content (AvgIpc) is 2.97. The lowest BCUT2D eigenvalue weighted by Gasteiger charge is -2.39. The number of quaternary nitrogens is 1. The molecule has 0 saturated carbocycles. The fraction of sp³-hybridized carbons (Fsp3) is 0.895. The Morgan fingerprint density at radius 3 is 1.29 bits per heavy atom. The van der Waals surface area contributed by atoms with Crippen molar-refractivity contribution in [1.82, 2.24) is 10.2 Å². The molecule has 0 unspecified atom stereocenters. The first kappa shape index (κ1) is 23.7. The van der Waals surface area contributed by atoms with Crippen molar-refractivity contribution in [2.45, 2.75) is 90.3 Å². The molecule has 0 saturated heterocycles. The molecule has 1 aromatic heterocycles. The zero-order valence-electron chi connectivity index (χ0n) is 16.6. The van der Waals surface area contributed by atoms with Crippen LogP contribution in [0.4, 0.5) is 0 Å². The van der Waals surface area contributed by atoms with Crippen LogP contribution in [0.2, 0.25) is 0 Å². The molecule has 5 heteroatoms. The summed E-state index contributed by atoms with van der Waals surface area (Å²) in [5, 5.41) is 8.22. The van der Waals surface area contributed by atoms with E-state index in [0.717, 1.165) is 5.01 Å². The molecule has 1 heterocycles. The van der Waals surface area contributed by atoms with Crippen LogP contribution in [-0.4, -0.2) is 40.9 Å². The minimum Gasteiger partial charge on any atom is -0.406 e. The molecular weight excluding hydrogens is 334 g/mol. The Bertz CT molecular complexity index is 340. The SMILES string of the molecule is CCCC[N+](CCCC)(CCCC)CCCC.Cc1nnc([S-])s1. The maximum Gasteiger partial charge on any atom is 0.0786 e. The largest absolute Gasteiger partial charge is 0.406 e. The van der Waals surface area contributed by atoms with Gasteiger partial charge in [0, 0.05) is 5.01 Å². The number of unbranched alkanes of at least 4 members (excludes halogenated alkanes) is 4. The second-order valence-electron chi connectivity index (χ2n) is 6.74. The molecule has 0 aliphatic heterocycles. The van der Waals surface area contributed by atoms with Gasteiger partial charge in [-0.1, -0.05) is 53.4 Å². The van der Waals surface area contributed by atoms with Gasteiger partial charge in [0.25, 0.3) is 0 Å². The first-order valence-corrected chi connectivity index (χ1v) is 11.1. The first-order valence-electron chi connectivity index (χ1n) is 9.85. The zero-order valence-corrected chi connectivity index (χ0v) is 18.3. The van der Waals surface area contributed by atoms with Gasteiger partial charge in [-0.3, -0.25) is 0 Å². The van der Waals surface area contributed by atoms with Crippen LogP contribution >= 0.6 is 11.3 Å². The molecule has 0 bridgehead atoms. The van der Waals surface area contributed by atoms with E-state index >= 15 is 0 Å². The Morgan fingerprint density at radius 1 is 0.750 bits per heavy atom. The highest BCUT2D eigenvalue weighted by Crippen LogP contribution is 2.16. The number of hydrogen-bond donors (Lipinski definition) is 0. The van der Waals surface area contributed by atoms with Gasteiger partial charge < -0.3 is 28.4 Å². The molecule has 1 rings (SSSR count). The normalized spacial score (nSPS) is 11.2. The summed E-state index contributed by atoms with van der Waals surface area (Å²) in [5.74, 6) is 0. The molecule has 0 spiro atoms. The van der Waals surface area contributed by atoms with Crippen molar-refractivity contribution in [1.29, 1.82) is 0 Å². The number of rotatable bonds is 12. The third kappa shape index (κ3) is 11.3. The van der Waals surface area contributed by atoms with E-state index in [2.05, 4.69) is 50.5 Å². The molecule has 1 aromatic rings. The fourth-order valence-electron chi connectivity index (χ4n) is 2.92. The third-order valence-electron chi connectivity index (χ3n) is 4.45. The predicted octanol–water partition coefficient (Wildman–Crippen LogP) is 5.76. The molecule has 3 nitrogen and oxygen atoms in total. The highest BCUT2D eigenvalue weighted by Gasteiger charge is 2.24. The van der Waals surface area contributed by atoms with E-state index < -0.39 is 0 Å². The van der Waals surface area contributed by atoms with Crippen molar-refractivity contribution < 1.29 is 4.48 Å². The Hall–Kier alpha value is -0.260. The lowest BCUT2D eigenvalue weighted by molar-refractivity contribution is -0.929. The van der Waals surface area contributed by atoms with E-state index in [4.69, 9.17) is 0 Å². The Kier molecular flexibility index (Phi) is 14.9. The van der Waals surface area contributed by atoms with Crippen LogP contribution in [0.15, 0.2) is 4.34 Å². The molecule has 0 radical (unpaired) electrons. The van der Waals surface area contributed by atoms with Crippen LogP contribution in [0, 0.1) is 6.92 Å². The monoisotopic (exact) mass is 373 g/mol. The zero-order chi connectivity index (χ0) is 18.3. The standard InChI is InChI=1S/C16H36N.C3H4N2S2/c1-5-9-13-17(14-10-6-2,15-11-7-3)16-12-8-4;1-2-4-5-3(6)7-2/h5-16H2,1-4H3;1H3,(H,5,6)/q+1;/p-1. The summed E-state index contributed by atoms with van der Waals surface area (Å²) in [6.07, 6.45) is 11.1. The molecular formula is C19H39N3S2. The number of hydrogen-bond acceptors (Lipinski definition) is 4. The quantitative estimate of drug-likeness (QED) is 0.344. The van der Waals surface area contributed by atoms with Crippen LogP contribution in [0.1, 0.15) is 84.1 Å². The predicted molar refractivity (Wildman–Crippen MR) is 110 cm³/mol. The Labute approximate surface area is 160 Å². The van der Waals surface area contributed by atoms with Gasteiger partial charge in [-0.2, -0.15) is 10.2 Å². The molecule has 0 atom stereocenters. The summed E-state index contributed by atoms with van der Waals surface area (Å²) < 4.78 is 2.04. The maximum atomic E-state index is 4.68.